The van der Waals surface area contributed by atoms with Gasteiger partial charge in [0.25, 0.3) is 0 Å². The van der Waals surface area contributed by atoms with Crippen LogP contribution in [0.3, 0.4) is 0 Å². The van der Waals surface area contributed by atoms with Gasteiger partial charge in [-0.05, 0) is 63.9 Å². The Hall–Kier alpha value is -1.53. The highest BCUT2D eigenvalue weighted by atomic mass is 35.5. The Balaban J connectivity index is 0.00000169. The maximum Gasteiger partial charge on any atom is 0.336 e. The van der Waals surface area contributed by atoms with Gasteiger partial charge in [-0.15, -0.1) is 24.8 Å². The number of unbranched alkanes of at least 4 members (excludes halogenated alkanes) is 1. The first-order valence-electron chi connectivity index (χ1n) is 8.39. The zero-order valence-corrected chi connectivity index (χ0v) is 16.9. The molecule has 2 heterocycles. The lowest BCUT2D eigenvalue weighted by Crippen LogP contribution is -2.15. The van der Waals surface area contributed by atoms with Crippen LogP contribution in [0.25, 0.3) is 21.9 Å². The van der Waals surface area contributed by atoms with Crippen LogP contribution in [-0.4, -0.2) is 13.1 Å². The molecule has 26 heavy (non-hydrogen) atoms. The zero-order chi connectivity index (χ0) is 17.3. The maximum absolute atomic E-state index is 11.7. The van der Waals surface area contributed by atoms with Gasteiger partial charge >= 0.3 is 5.63 Å². The van der Waals surface area contributed by atoms with Crippen molar-refractivity contribution in [3.8, 4) is 0 Å². The van der Waals surface area contributed by atoms with E-state index in [1.54, 1.807) is 0 Å². The summed E-state index contributed by atoms with van der Waals surface area (Å²) in [7, 11) is 0. The fourth-order valence-electron chi connectivity index (χ4n) is 3.12. The predicted octanol–water partition coefficient (Wildman–Crippen LogP) is 4.14. The maximum atomic E-state index is 11.7. The van der Waals surface area contributed by atoms with E-state index in [1.165, 1.54) is 6.07 Å². The molecule has 0 aliphatic carbocycles. The lowest BCUT2D eigenvalue weighted by molar-refractivity contribution is 0.502. The van der Waals surface area contributed by atoms with Gasteiger partial charge in [0.05, 0.1) is 6.54 Å². The molecule has 3 aromatic rings. The highest BCUT2D eigenvalue weighted by Gasteiger charge is 2.17. The van der Waals surface area contributed by atoms with E-state index in [4.69, 9.17) is 14.6 Å². The van der Waals surface area contributed by atoms with Crippen LogP contribution in [0.5, 0.6) is 0 Å². The summed E-state index contributed by atoms with van der Waals surface area (Å²) in [6, 6.07) is 3.59. The third kappa shape index (κ3) is 4.23. The number of fused-ring (bicyclic) bond motifs is 2. The molecule has 2 aromatic heterocycles. The van der Waals surface area contributed by atoms with Crippen molar-refractivity contribution in [3.05, 3.63) is 45.0 Å². The van der Waals surface area contributed by atoms with Crippen molar-refractivity contribution < 1.29 is 8.83 Å². The third-order valence-electron chi connectivity index (χ3n) is 4.56. The SMILES string of the molecule is Cc1cc(=O)oc2c(C)c3oc(CNCCCCN)c(C)c3cc12.Cl.Cl. The summed E-state index contributed by atoms with van der Waals surface area (Å²) in [5.74, 6) is 0.927. The first-order valence-corrected chi connectivity index (χ1v) is 8.39. The predicted molar refractivity (Wildman–Crippen MR) is 111 cm³/mol. The zero-order valence-electron chi connectivity index (χ0n) is 15.3. The topological polar surface area (TPSA) is 81.4 Å². The Bertz CT molecular complexity index is 947. The number of rotatable bonds is 6. The summed E-state index contributed by atoms with van der Waals surface area (Å²) < 4.78 is 11.5. The van der Waals surface area contributed by atoms with Crippen molar-refractivity contribution in [2.75, 3.05) is 13.1 Å². The summed E-state index contributed by atoms with van der Waals surface area (Å²) in [6.45, 7) is 8.27. The Morgan fingerprint density at radius 1 is 0.962 bits per heavy atom. The fraction of sp³-hybridized carbons (Fsp3) is 0.421. The number of nitrogens with two attached hydrogens (primary N) is 1. The summed E-state index contributed by atoms with van der Waals surface area (Å²) in [5, 5.41) is 5.44. The molecular weight excluding hydrogens is 375 g/mol. The Morgan fingerprint density at radius 2 is 1.65 bits per heavy atom. The molecular formula is C19H26Cl2N2O3. The fourth-order valence-corrected chi connectivity index (χ4v) is 3.12. The second-order valence-electron chi connectivity index (χ2n) is 6.33. The average molecular weight is 401 g/mol. The van der Waals surface area contributed by atoms with Gasteiger partial charge in [-0.2, -0.15) is 0 Å². The molecule has 3 N–H and O–H groups in total. The van der Waals surface area contributed by atoms with Crippen LogP contribution >= 0.6 is 24.8 Å². The van der Waals surface area contributed by atoms with E-state index in [2.05, 4.69) is 18.3 Å². The van der Waals surface area contributed by atoms with Crippen LogP contribution in [-0.2, 0) is 6.54 Å². The van der Waals surface area contributed by atoms with Gasteiger partial charge in [0, 0.05) is 22.4 Å². The van der Waals surface area contributed by atoms with Crippen LogP contribution in [0.1, 0.15) is 35.3 Å². The molecule has 144 valence electrons. The summed E-state index contributed by atoms with van der Waals surface area (Å²) in [4.78, 5) is 11.7. The number of aryl methyl sites for hydroxylation is 3. The van der Waals surface area contributed by atoms with Gasteiger partial charge in [-0.25, -0.2) is 4.79 Å². The standard InChI is InChI=1S/C19H24N2O3.2ClH/c1-11-8-17(22)24-18-13(3)19-15(9-14(11)18)12(2)16(23-19)10-21-7-5-4-6-20;;/h8-9,21H,4-7,10,20H2,1-3H3;2*1H. The normalized spacial score (nSPS) is 10.8. The molecule has 0 aliphatic rings. The molecule has 0 saturated carbocycles. The molecule has 1 aromatic carbocycles. The Kier molecular flexibility index (Phi) is 8.15. The van der Waals surface area contributed by atoms with Crippen LogP contribution in [0.2, 0.25) is 0 Å². The van der Waals surface area contributed by atoms with E-state index in [0.717, 1.165) is 64.7 Å². The highest BCUT2D eigenvalue weighted by molar-refractivity contribution is 5.99. The van der Waals surface area contributed by atoms with Crippen LogP contribution in [0.4, 0.5) is 0 Å². The molecule has 5 nitrogen and oxygen atoms in total. The number of benzene rings is 1. The molecule has 0 atom stereocenters. The quantitative estimate of drug-likeness (QED) is 0.479. The Labute approximate surface area is 165 Å². The number of halogens is 2. The van der Waals surface area contributed by atoms with E-state index in [9.17, 15) is 4.79 Å². The van der Waals surface area contributed by atoms with Gasteiger partial charge in [0.1, 0.15) is 16.9 Å². The van der Waals surface area contributed by atoms with Gasteiger partial charge in [-0.3, -0.25) is 0 Å². The van der Waals surface area contributed by atoms with Crippen LogP contribution in [0.15, 0.2) is 25.8 Å². The lowest BCUT2D eigenvalue weighted by atomic mass is 10.0. The minimum atomic E-state index is -0.326. The molecule has 0 radical (unpaired) electrons. The van der Waals surface area contributed by atoms with Crippen molar-refractivity contribution >= 4 is 46.8 Å². The summed E-state index contributed by atoms with van der Waals surface area (Å²) in [5.41, 5.74) is 9.53. The van der Waals surface area contributed by atoms with Crippen LogP contribution < -0.4 is 16.7 Å². The lowest BCUT2D eigenvalue weighted by Gasteiger charge is -2.04. The van der Waals surface area contributed by atoms with Gasteiger partial charge in [0.15, 0.2) is 0 Å². The molecule has 7 heteroatoms. The van der Waals surface area contributed by atoms with Crippen LogP contribution in [0, 0.1) is 20.8 Å². The van der Waals surface area contributed by atoms with Crippen molar-refractivity contribution in [3.63, 3.8) is 0 Å². The monoisotopic (exact) mass is 400 g/mol. The van der Waals surface area contributed by atoms with Gasteiger partial charge in [-0.1, -0.05) is 0 Å². The van der Waals surface area contributed by atoms with Crippen molar-refractivity contribution in [2.24, 2.45) is 5.73 Å². The molecule has 0 aliphatic heterocycles. The minimum absolute atomic E-state index is 0. The number of hydrogen-bond acceptors (Lipinski definition) is 5. The number of furan rings is 1. The van der Waals surface area contributed by atoms with Crippen molar-refractivity contribution in [1.29, 1.82) is 0 Å². The second kappa shape index (κ2) is 9.42. The largest absolute Gasteiger partial charge is 0.459 e. The van der Waals surface area contributed by atoms with E-state index in [1.807, 2.05) is 13.8 Å². The molecule has 0 amide bonds. The molecule has 0 fully saturated rings. The molecule has 0 saturated heterocycles. The van der Waals surface area contributed by atoms with Gasteiger partial charge in [0.2, 0.25) is 0 Å². The third-order valence-corrected chi connectivity index (χ3v) is 4.56. The summed E-state index contributed by atoms with van der Waals surface area (Å²) in [6.07, 6.45) is 2.08. The molecule has 0 spiro atoms. The molecule has 0 unspecified atom stereocenters. The van der Waals surface area contributed by atoms with Gasteiger partial charge < -0.3 is 19.9 Å². The highest BCUT2D eigenvalue weighted by Crippen LogP contribution is 2.33. The smallest absolute Gasteiger partial charge is 0.336 e. The number of nitrogens with one attached hydrogen (secondary N) is 1. The van der Waals surface area contributed by atoms with Crippen molar-refractivity contribution in [2.45, 2.75) is 40.2 Å². The molecule has 3 rings (SSSR count). The molecule has 0 bridgehead atoms. The second-order valence-corrected chi connectivity index (χ2v) is 6.33. The minimum Gasteiger partial charge on any atom is -0.459 e. The van der Waals surface area contributed by atoms with E-state index in [-0.39, 0.29) is 30.4 Å². The Morgan fingerprint density at radius 3 is 2.35 bits per heavy atom. The van der Waals surface area contributed by atoms with Crippen molar-refractivity contribution in [1.82, 2.24) is 5.32 Å². The first-order chi connectivity index (χ1) is 11.5. The van der Waals surface area contributed by atoms with E-state index in [0.29, 0.717) is 12.1 Å². The number of hydrogen-bond donors (Lipinski definition) is 2. The van der Waals surface area contributed by atoms with E-state index >= 15 is 0 Å². The summed E-state index contributed by atoms with van der Waals surface area (Å²) >= 11 is 0. The average Bonchev–Trinajstić information content (AvgIpc) is 2.86. The first kappa shape index (κ1) is 22.5. The van der Waals surface area contributed by atoms with E-state index < -0.39 is 0 Å².